The zero-order chi connectivity index (χ0) is 16.7. The summed E-state index contributed by atoms with van der Waals surface area (Å²) in [5, 5.41) is 3.18. The van der Waals surface area contributed by atoms with E-state index in [2.05, 4.69) is 94.9 Å². The maximum Gasteiger partial charge on any atom is -1.00 e. The van der Waals surface area contributed by atoms with Crippen LogP contribution in [0.25, 0.3) is 11.1 Å². The van der Waals surface area contributed by atoms with Crippen molar-refractivity contribution in [3.8, 4) is 11.1 Å². The summed E-state index contributed by atoms with van der Waals surface area (Å²) in [5.41, 5.74) is 7.55. The Bertz CT molecular complexity index is 913. The first-order valence-corrected chi connectivity index (χ1v) is 10.9. The molecule has 1 aliphatic carbocycles. The number of halogens is 3. The minimum atomic E-state index is -0.427. The molecule has 0 N–H and O–H groups in total. The molecule has 3 aromatic rings. The van der Waals surface area contributed by atoms with Crippen LogP contribution in [0.15, 0.2) is 60.7 Å². The van der Waals surface area contributed by atoms with Gasteiger partial charge in [-0.05, 0) is 0 Å². The molecule has 1 unspecified atom stereocenters. The fraction of sp³-hybridized carbons (Fsp3) is 0.182. The zero-order valence-electron chi connectivity index (χ0n) is 15.4. The molecule has 0 spiro atoms. The van der Waals surface area contributed by atoms with Crippen LogP contribution in [0.2, 0.25) is 0 Å². The van der Waals surface area contributed by atoms with Gasteiger partial charge in [0, 0.05) is 0 Å². The van der Waals surface area contributed by atoms with Crippen molar-refractivity contribution in [3.63, 3.8) is 0 Å². The Labute approximate surface area is 195 Å². The molecule has 0 radical (unpaired) electrons. The molecule has 27 heavy (non-hydrogen) atoms. The predicted molar refractivity (Wildman–Crippen MR) is 103 cm³/mol. The second-order valence-electron chi connectivity index (χ2n) is 6.72. The van der Waals surface area contributed by atoms with Gasteiger partial charge in [0.15, 0.2) is 0 Å². The van der Waals surface area contributed by atoms with Gasteiger partial charge in [-0.25, -0.2) is 0 Å². The number of hydrogen-bond donors (Lipinski definition) is 0. The van der Waals surface area contributed by atoms with Crippen molar-refractivity contribution in [1.29, 1.82) is 0 Å². The van der Waals surface area contributed by atoms with E-state index in [0.29, 0.717) is 5.92 Å². The zero-order valence-corrected chi connectivity index (χ0v) is 20.6. The van der Waals surface area contributed by atoms with E-state index >= 15 is 0 Å². The van der Waals surface area contributed by atoms with E-state index in [1.165, 1.54) is 33.9 Å². The third-order valence-corrected chi connectivity index (χ3v) is 8.89. The predicted octanol–water partition coefficient (Wildman–Crippen LogP) is -6.18. The summed E-state index contributed by atoms with van der Waals surface area (Å²) in [5.74, 6) is 0.570. The van der Waals surface area contributed by atoms with Gasteiger partial charge in [-0.2, -0.15) is 0 Å². The van der Waals surface area contributed by atoms with Crippen LogP contribution in [0.4, 0.5) is 0 Å². The molecule has 0 amide bonds. The van der Waals surface area contributed by atoms with Crippen molar-refractivity contribution in [2.24, 2.45) is 0 Å². The van der Waals surface area contributed by atoms with Crippen molar-refractivity contribution in [1.82, 2.24) is 0 Å². The Morgan fingerprint density at radius 3 is 2.19 bits per heavy atom. The molecule has 3 aromatic carbocycles. The molecule has 0 aliphatic heterocycles. The largest absolute Gasteiger partial charge is 1.00 e. The standard InChI is InChI=1S/C22H21Si.3ClH.Ti/c1-3-17-18-11-7-8-12-19(18)20-13-15(2)22(14-21(17)20)23-16-9-5-4-6-10-16;;;;/h4-13,17H,3,23H2,1-2H3;3*1H;/q;;;;+3/p-3. The molecule has 0 aromatic heterocycles. The van der Waals surface area contributed by atoms with Crippen molar-refractivity contribution < 1.29 is 57.7 Å². The number of fused-ring (bicyclic) bond motifs is 3. The third kappa shape index (κ3) is 4.40. The molecule has 138 valence electrons. The summed E-state index contributed by atoms with van der Waals surface area (Å²) in [7, 11) is -0.427. The molecule has 1 aliphatic rings. The van der Waals surface area contributed by atoms with Gasteiger partial charge in [-0.15, -0.1) is 0 Å². The van der Waals surface area contributed by atoms with Gasteiger partial charge in [-0.1, -0.05) is 0 Å². The van der Waals surface area contributed by atoms with Crippen molar-refractivity contribution in [2.75, 3.05) is 0 Å². The summed E-state index contributed by atoms with van der Waals surface area (Å²) in [6.07, 6.45) is 1.18. The average Bonchev–Trinajstić information content (AvgIpc) is 2.93. The number of benzene rings is 3. The van der Waals surface area contributed by atoms with Gasteiger partial charge in [-0.3, -0.25) is 0 Å². The number of aryl methyl sites for hydroxylation is 1. The Balaban J connectivity index is 0.00000121. The normalized spacial score (nSPS) is 14.0. The van der Waals surface area contributed by atoms with E-state index in [1.54, 1.807) is 14.6 Å². The maximum absolute atomic E-state index is 2.46. The second kappa shape index (κ2) is 10.3. The molecule has 1 atom stereocenters. The molecular formula is C22H21Cl3SiTi. The summed E-state index contributed by atoms with van der Waals surface area (Å²) in [4.78, 5) is 0. The second-order valence-corrected chi connectivity index (χ2v) is 9.38. The number of rotatable bonds is 3. The van der Waals surface area contributed by atoms with Crippen LogP contribution in [0.5, 0.6) is 0 Å². The Morgan fingerprint density at radius 2 is 1.52 bits per heavy atom. The first kappa shape index (κ1) is 24.5. The molecule has 0 saturated carbocycles. The van der Waals surface area contributed by atoms with Crippen LogP contribution < -0.4 is 51.5 Å². The van der Waals surface area contributed by atoms with Gasteiger partial charge in [0.25, 0.3) is 0 Å². The van der Waals surface area contributed by atoms with Crippen LogP contribution in [-0.2, 0) is 20.4 Å². The maximum atomic E-state index is 2.46. The van der Waals surface area contributed by atoms with E-state index in [9.17, 15) is 0 Å². The topological polar surface area (TPSA) is 0 Å². The van der Waals surface area contributed by atoms with Crippen molar-refractivity contribution in [3.05, 3.63) is 77.4 Å². The Kier molecular flexibility index (Phi) is 9.34. The van der Waals surface area contributed by atoms with Crippen LogP contribution in [0, 0.1) is 6.92 Å². The fourth-order valence-corrected chi connectivity index (χ4v) is 6.98. The smallest absolute Gasteiger partial charge is 1.00 e. The van der Waals surface area contributed by atoms with Gasteiger partial charge in [0.1, 0.15) is 0 Å². The van der Waals surface area contributed by atoms with Crippen LogP contribution in [-0.4, -0.2) is 9.52 Å². The van der Waals surface area contributed by atoms with E-state index in [1.807, 2.05) is 0 Å². The summed E-state index contributed by atoms with van der Waals surface area (Å²) < 4.78 is 1.56. The van der Waals surface area contributed by atoms with Gasteiger partial charge in [0.2, 0.25) is 0 Å². The molecule has 0 heterocycles. The molecule has 0 saturated heterocycles. The molecule has 5 heteroatoms. The third-order valence-electron chi connectivity index (χ3n) is 5.30. The quantitative estimate of drug-likeness (QED) is 0.337. The van der Waals surface area contributed by atoms with E-state index in [0.717, 1.165) is 0 Å². The van der Waals surface area contributed by atoms with E-state index in [4.69, 9.17) is 0 Å². The Morgan fingerprint density at radius 1 is 0.889 bits per heavy atom. The number of hydrogen-bond acceptors (Lipinski definition) is 0. The molecule has 0 bridgehead atoms. The van der Waals surface area contributed by atoms with Crippen LogP contribution >= 0.6 is 0 Å². The Hall–Kier alpha value is -0.539. The van der Waals surface area contributed by atoms with Gasteiger partial charge >= 0.3 is 159 Å². The summed E-state index contributed by atoms with van der Waals surface area (Å²) in [6.45, 7) is 4.63. The van der Waals surface area contributed by atoms with Crippen LogP contribution in [0.3, 0.4) is 0 Å². The molecule has 0 fully saturated rings. The molecule has 0 nitrogen and oxygen atoms in total. The van der Waals surface area contributed by atoms with E-state index in [-0.39, 0.29) is 37.2 Å². The van der Waals surface area contributed by atoms with Gasteiger partial charge < -0.3 is 37.2 Å². The molecule has 4 rings (SSSR count). The monoisotopic (exact) mass is 466 g/mol. The van der Waals surface area contributed by atoms with E-state index < -0.39 is 9.52 Å². The first-order valence-electron chi connectivity index (χ1n) is 8.72. The van der Waals surface area contributed by atoms with Crippen LogP contribution in [0.1, 0.15) is 36.0 Å². The summed E-state index contributed by atoms with van der Waals surface area (Å²) >= 11 is 2.37. The van der Waals surface area contributed by atoms with Gasteiger partial charge in [0.05, 0.1) is 0 Å². The van der Waals surface area contributed by atoms with Crippen molar-refractivity contribution >= 4 is 23.8 Å². The van der Waals surface area contributed by atoms with Crippen molar-refractivity contribution in [2.45, 2.75) is 26.2 Å². The fourth-order valence-electron chi connectivity index (χ4n) is 4.11. The first-order chi connectivity index (χ1) is 11.7. The summed E-state index contributed by atoms with van der Waals surface area (Å²) in [6, 6.07) is 22.5. The average molecular weight is 468 g/mol. The molecular weight excluding hydrogens is 447 g/mol. The minimum Gasteiger partial charge on any atom is -1.00 e. The SMILES string of the molecule is CCC1c2ccccc2-c2cc(C)c([SiH2]c3ccccc3)[c]([Ti+3])c21.[Cl-].[Cl-].[Cl-]. The minimum absolute atomic E-state index is 0.